The summed E-state index contributed by atoms with van der Waals surface area (Å²) in [6, 6.07) is 17.2. The summed E-state index contributed by atoms with van der Waals surface area (Å²) in [5, 5.41) is 3.44. The summed E-state index contributed by atoms with van der Waals surface area (Å²) in [7, 11) is 0. The third-order valence-corrected chi connectivity index (χ3v) is 5.38. The average molecular weight is 425 g/mol. The normalized spacial score (nSPS) is 14.5. The summed E-state index contributed by atoms with van der Waals surface area (Å²) < 4.78 is 13.0. The van der Waals surface area contributed by atoms with Gasteiger partial charge in [0.25, 0.3) is 5.91 Å². The molecule has 3 aromatic rings. The van der Waals surface area contributed by atoms with Gasteiger partial charge in [-0.05, 0) is 54.1 Å². The maximum atomic E-state index is 13.0. The molecule has 0 unspecified atom stereocenters. The Morgan fingerprint density at radius 3 is 2.30 bits per heavy atom. The molecule has 1 aliphatic heterocycles. The molecule has 0 saturated carbocycles. The highest BCUT2D eigenvalue weighted by molar-refractivity contribution is 6.30. The van der Waals surface area contributed by atoms with Gasteiger partial charge < -0.3 is 10.2 Å². The second-order valence-electron chi connectivity index (χ2n) is 7.26. The van der Waals surface area contributed by atoms with Crippen LogP contribution in [-0.4, -0.2) is 42.0 Å². The first-order chi connectivity index (χ1) is 14.6. The number of nitrogens with one attached hydrogen (secondary N) is 1. The first kappa shape index (κ1) is 20.3. The van der Waals surface area contributed by atoms with Crippen LogP contribution in [0.1, 0.15) is 15.9 Å². The highest BCUT2D eigenvalue weighted by atomic mass is 35.5. The molecule has 1 fully saturated rings. The number of piperazine rings is 1. The van der Waals surface area contributed by atoms with E-state index in [2.05, 4.69) is 20.1 Å². The summed E-state index contributed by atoms with van der Waals surface area (Å²) in [6.07, 6.45) is 1.67. The molecule has 4 rings (SSSR count). The van der Waals surface area contributed by atoms with Crippen molar-refractivity contribution in [2.45, 2.75) is 6.54 Å². The number of nitrogens with zero attached hydrogens (tertiary/aromatic N) is 3. The van der Waals surface area contributed by atoms with E-state index in [1.54, 1.807) is 30.5 Å². The van der Waals surface area contributed by atoms with E-state index in [9.17, 15) is 9.18 Å². The molecule has 0 atom stereocenters. The number of hydrogen-bond donors (Lipinski definition) is 1. The van der Waals surface area contributed by atoms with E-state index in [-0.39, 0.29) is 11.7 Å². The third-order valence-electron chi connectivity index (χ3n) is 5.13. The van der Waals surface area contributed by atoms with Gasteiger partial charge in [0.15, 0.2) is 0 Å². The molecule has 0 radical (unpaired) electrons. The number of aromatic nitrogens is 1. The van der Waals surface area contributed by atoms with E-state index < -0.39 is 0 Å². The topological polar surface area (TPSA) is 48.5 Å². The zero-order chi connectivity index (χ0) is 20.9. The molecule has 2 heterocycles. The predicted octanol–water partition coefficient (Wildman–Crippen LogP) is 4.45. The third kappa shape index (κ3) is 5.14. The van der Waals surface area contributed by atoms with Crippen molar-refractivity contribution in [3.63, 3.8) is 0 Å². The van der Waals surface area contributed by atoms with Crippen LogP contribution in [0.5, 0.6) is 0 Å². The van der Waals surface area contributed by atoms with Crippen LogP contribution in [0, 0.1) is 5.82 Å². The Hall–Kier alpha value is -2.96. The minimum atomic E-state index is -0.206. The van der Waals surface area contributed by atoms with Gasteiger partial charge in [-0.25, -0.2) is 9.37 Å². The number of halogens is 2. The predicted molar refractivity (Wildman–Crippen MR) is 118 cm³/mol. The molecule has 1 aromatic heterocycles. The number of amides is 1. The van der Waals surface area contributed by atoms with Crippen LogP contribution in [0.15, 0.2) is 66.9 Å². The Bertz CT molecular complexity index is 985. The van der Waals surface area contributed by atoms with Gasteiger partial charge in [0, 0.05) is 43.3 Å². The number of benzene rings is 2. The lowest BCUT2D eigenvalue weighted by Gasteiger charge is -2.35. The Morgan fingerprint density at radius 2 is 1.67 bits per heavy atom. The van der Waals surface area contributed by atoms with Gasteiger partial charge in [0.05, 0.1) is 11.9 Å². The Morgan fingerprint density at radius 1 is 0.967 bits per heavy atom. The number of hydrogen-bond acceptors (Lipinski definition) is 4. The van der Waals surface area contributed by atoms with E-state index in [1.807, 2.05) is 24.3 Å². The van der Waals surface area contributed by atoms with Gasteiger partial charge >= 0.3 is 0 Å². The molecule has 1 aliphatic rings. The van der Waals surface area contributed by atoms with Gasteiger partial charge in [-0.3, -0.25) is 9.69 Å². The van der Waals surface area contributed by atoms with Crippen molar-refractivity contribution in [2.75, 3.05) is 36.4 Å². The minimum absolute atomic E-state index is 0.198. The summed E-state index contributed by atoms with van der Waals surface area (Å²) in [5.74, 6) is 0.485. The number of carbonyl (C=O) groups excluding carboxylic acids is 1. The van der Waals surface area contributed by atoms with Crippen LogP contribution >= 0.6 is 11.6 Å². The Labute approximate surface area is 180 Å². The standard InChI is InChI=1S/C23H22ClFN4O/c24-19-5-3-18(4-6-19)23(30)27-21-9-10-22(26-15-21)29-13-11-28(12-14-29)16-17-1-7-20(25)8-2-17/h1-10,15H,11-14,16H2,(H,27,30). The fourth-order valence-corrected chi connectivity index (χ4v) is 3.56. The Kier molecular flexibility index (Phi) is 6.26. The lowest BCUT2D eigenvalue weighted by atomic mass is 10.2. The Balaban J connectivity index is 1.29. The van der Waals surface area contributed by atoms with E-state index in [1.165, 1.54) is 12.1 Å². The van der Waals surface area contributed by atoms with Crippen molar-refractivity contribution in [2.24, 2.45) is 0 Å². The molecule has 5 nitrogen and oxygen atoms in total. The molecule has 7 heteroatoms. The molecular weight excluding hydrogens is 403 g/mol. The maximum absolute atomic E-state index is 13.0. The fraction of sp³-hybridized carbons (Fsp3) is 0.217. The molecule has 0 spiro atoms. The summed E-state index contributed by atoms with van der Waals surface area (Å²) in [6.45, 7) is 4.37. The van der Waals surface area contributed by atoms with Crippen molar-refractivity contribution >= 4 is 29.0 Å². The number of carbonyl (C=O) groups is 1. The van der Waals surface area contributed by atoms with Crippen LogP contribution in [0.25, 0.3) is 0 Å². The van der Waals surface area contributed by atoms with E-state index in [0.717, 1.165) is 44.1 Å². The second kappa shape index (κ2) is 9.24. The highest BCUT2D eigenvalue weighted by Crippen LogP contribution is 2.18. The van der Waals surface area contributed by atoms with Gasteiger partial charge in [-0.1, -0.05) is 23.7 Å². The summed E-state index contributed by atoms with van der Waals surface area (Å²) in [4.78, 5) is 21.4. The molecule has 1 N–H and O–H groups in total. The van der Waals surface area contributed by atoms with Crippen LogP contribution in [-0.2, 0) is 6.54 Å². The van der Waals surface area contributed by atoms with Crippen molar-refractivity contribution < 1.29 is 9.18 Å². The molecule has 2 aromatic carbocycles. The largest absolute Gasteiger partial charge is 0.354 e. The number of anilines is 2. The van der Waals surface area contributed by atoms with Crippen molar-refractivity contribution in [1.82, 2.24) is 9.88 Å². The first-order valence-electron chi connectivity index (χ1n) is 9.81. The molecule has 1 amide bonds. The molecule has 1 saturated heterocycles. The molecule has 154 valence electrons. The van der Waals surface area contributed by atoms with Crippen molar-refractivity contribution in [3.8, 4) is 0 Å². The van der Waals surface area contributed by atoms with E-state index >= 15 is 0 Å². The van der Waals surface area contributed by atoms with Crippen LogP contribution < -0.4 is 10.2 Å². The van der Waals surface area contributed by atoms with E-state index in [4.69, 9.17) is 11.6 Å². The van der Waals surface area contributed by atoms with Crippen LogP contribution in [0.4, 0.5) is 15.9 Å². The summed E-state index contributed by atoms with van der Waals surface area (Å²) in [5.41, 5.74) is 2.30. The average Bonchev–Trinajstić information content (AvgIpc) is 2.77. The SMILES string of the molecule is O=C(Nc1ccc(N2CCN(Cc3ccc(F)cc3)CC2)nc1)c1ccc(Cl)cc1. The lowest BCUT2D eigenvalue weighted by Crippen LogP contribution is -2.46. The molecule has 30 heavy (non-hydrogen) atoms. The minimum Gasteiger partial charge on any atom is -0.354 e. The van der Waals surface area contributed by atoms with Gasteiger partial charge in [-0.15, -0.1) is 0 Å². The zero-order valence-corrected chi connectivity index (χ0v) is 17.1. The molecule has 0 aliphatic carbocycles. The van der Waals surface area contributed by atoms with Crippen LogP contribution in [0.3, 0.4) is 0 Å². The number of pyridine rings is 1. The quantitative estimate of drug-likeness (QED) is 0.657. The smallest absolute Gasteiger partial charge is 0.255 e. The number of rotatable bonds is 5. The zero-order valence-electron chi connectivity index (χ0n) is 16.4. The lowest BCUT2D eigenvalue weighted by molar-refractivity contribution is 0.102. The van der Waals surface area contributed by atoms with Gasteiger partial charge in [-0.2, -0.15) is 0 Å². The second-order valence-corrected chi connectivity index (χ2v) is 7.69. The van der Waals surface area contributed by atoms with Crippen LogP contribution in [0.2, 0.25) is 5.02 Å². The highest BCUT2D eigenvalue weighted by Gasteiger charge is 2.18. The molecular formula is C23H22ClFN4O. The van der Waals surface area contributed by atoms with Crippen molar-refractivity contribution in [3.05, 3.63) is 88.8 Å². The molecule has 0 bridgehead atoms. The monoisotopic (exact) mass is 424 g/mol. The maximum Gasteiger partial charge on any atom is 0.255 e. The fourth-order valence-electron chi connectivity index (χ4n) is 3.43. The van der Waals surface area contributed by atoms with Gasteiger partial charge in [0.2, 0.25) is 0 Å². The summed E-state index contributed by atoms with van der Waals surface area (Å²) >= 11 is 5.86. The van der Waals surface area contributed by atoms with E-state index in [0.29, 0.717) is 16.3 Å². The van der Waals surface area contributed by atoms with Gasteiger partial charge in [0.1, 0.15) is 11.6 Å². The van der Waals surface area contributed by atoms with Crippen molar-refractivity contribution in [1.29, 1.82) is 0 Å². The first-order valence-corrected chi connectivity index (χ1v) is 10.2.